The average molecular weight is 377 g/mol. The highest BCUT2D eigenvalue weighted by Crippen LogP contribution is 2.24. The Morgan fingerprint density at radius 1 is 0.929 bits per heavy atom. The highest BCUT2D eigenvalue weighted by Gasteiger charge is 2.26. The SMILES string of the molecule is CC(C(=O)Nc1cccc2ccccc12)N1CCN(c2ccc(F)cc2)CC1. The molecule has 1 heterocycles. The van der Waals surface area contributed by atoms with Crippen molar-refractivity contribution in [2.45, 2.75) is 13.0 Å². The first-order valence-electron chi connectivity index (χ1n) is 9.65. The van der Waals surface area contributed by atoms with Crippen molar-refractivity contribution >= 4 is 28.1 Å². The fourth-order valence-corrected chi connectivity index (χ4v) is 3.76. The Kier molecular flexibility index (Phi) is 5.26. The zero-order valence-electron chi connectivity index (χ0n) is 15.9. The first-order chi connectivity index (χ1) is 13.6. The number of hydrogen-bond acceptors (Lipinski definition) is 3. The lowest BCUT2D eigenvalue weighted by Gasteiger charge is -2.38. The van der Waals surface area contributed by atoms with Crippen molar-refractivity contribution in [3.8, 4) is 0 Å². The van der Waals surface area contributed by atoms with Gasteiger partial charge in [0.25, 0.3) is 0 Å². The van der Waals surface area contributed by atoms with Crippen molar-refractivity contribution in [1.82, 2.24) is 4.90 Å². The number of anilines is 2. The molecule has 1 aliphatic heterocycles. The second-order valence-corrected chi connectivity index (χ2v) is 7.19. The maximum absolute atomic E-state index is 13.1. The molecule has 144 valence electrons. The Balaban J connectivity index is 1.39. The van der Waals surface area contributed by atoms with Crippen molar-refractivity contribution in [3.05, 3.63) is 72.5 Å². The van der Waals surface area contributed by atoms with Gasteiger partial charge < -0.3 is 10.2 Å². The minimum Gasteiger partial charge on any atom is -0.369 e. The summed E-state index contributed by atoms with van der Waals surface area (Å²) in [4.78, 5) is 17.3. The van der Waals surface area contributed by atoms with E-state index in [9.17, 15) is 9.18 Å². The summed E-state index contributed by atoms with van der Waals surface area (Å²) < 4.78 is 13.1. The molecular weight excluding hydrogens is 353 g/mol. The lowest BCUT2D eigenvalue weighted by Crippen LogP contribution is -2.52. The average Bonchev–Trinajstić information content (AvgIpc) is 2.74. The summed E-state index contributed by atoms with van der Waals surface area (Å²) in [5.74, 6) is -0.215. The number of carbonyl (C=O) groups excluding carboxylic acids is 1. The van der Waals surface area contributed by atoms with E-state index >= 15 is 0 Å². The Hall–Kier alpha value is -2.92. The molecule has 0 aliphatic carbocycles. The number of amides is 1. The van der Waals surface area contributed by atoms with Gasteiger partial charge in [-0.2, -0.15) is 0 Å². The van der Waals surface area contributed by atoms with Crippen LogP contribution in [0.15, 0.2) is 66.7 Å². The van der Waals surface area contributed by atoms with Crippen LogP contribution in [0, 0.1) is 5.82 Å². The van der Waals surface area contributed by atoms with Gasteiger partial charge >= 0.3 is 0 Å². The van der Waals surface area contributed by atoms with Gasteiger partial charge in [-0.05, 0) is 42.6 Å². The lowest BCUT2D eigenvalue weighted by molar-refractivity contribution is -0.120. The smallest absolute Gasteiger partial charge is 0.241 e. The summed E-state index contributed by atoms with van der Waals surface area (Å²) in [5.41, 5.74) is 1.87. The third kappa shape index (κ3) is 3.85. The van der Waals surface area contributed by atoms with Crippen LogP contribution in [0.2, 0.25) is 0 Å². The van der Waals surface area contributed by atoms with E-state index in [1.165, 1.54) is 12.1 Å². The number of benzene rings is 3. The molecule has 0 radical (unpaired) electrons. The maximum atomic E-state index is 13.1. The third-order valence-electron chi connectivity index (χ3n) is 5.48. The minimum atomic E-state index is -0.221. The van der Waals surface area contributed by atoms with Gasteiger partial charge in [-0.25, -0.2) is 4.39 Å². The predicted molar refractivity (Wildman–Crippen MR) is 112 cm³/mol. The molecule has 0 bridgehead atoms. The third-order valence-corrected chi connectivity index (χ3v) is 5.48. The summed E-state index contributed by atoms with van der Waals surface area (Å²) in [7, 11) is 0. The summed E-state index contributed by atoms with van der Waals surface area (Å²) in [6, 6.07) is 20.4. The van der Waals surface area contributed by atoms with Crippen LogP contribution in [0.4, 0.5) is 15.8 Å². The first kappa shape index (κ1) is 18.4. The Labute approximate surface area is 164 Å². The quantitative estimate of drug-likeness (QED) is 0.743. The highest BCUT2D eigenvalue weighted by atomic mass is 19.1. The summed E-state index contributed by atoms with van der Waals surface area (Å²) in [6.07, 6.45) is 0. The number of fused-ring (bicyclic) bond motifs is 1. The van der Waals surface area contributed by atoms with Crippen molar-refractivity contribution in [3.63, 3.8) is 0 Å². The van der Waals surface area contributed by atoms with E-state index in [0.717, 1.165) is 48.3 Å². The van der Waals surface area contributed by atoms with Crippen molar-refractivity contribution in [2.24, 2.45) is 0 Å². The maximum Gasteiger partial charge on any atom is 0.241 e. The van der Waals surface area contributed by atoms with Crippen LogP contribution in [0.25, 0.3) is 10.8 Å². The van der Waals surface area contributed by atoms with Crippen molar-refractivity contribution in [2.75, 3.05) is 36.4 Å². The molecular formula is C23H24FN3O. The topological polar surface area (TPSA) is 35.6 Å². The van der Waals surface area contributed by atoms with Gasteiger partial charge in [0.05, 0.1) is 6.04 Å². The van der Waals surface area contributed by atoms with Gasteiger partial charge in [-0.1, -0.05) is 36.4 Å². The molecule has 0 saturated carbocycles. The zero-order valence-corrected chi connectivity index (χ0v) is 15.9. The highest BCUT2D eigenvalue weighted by molar-refractivity contribution is 6.03. The molecule has 4 nitrogen and oxygen atoms in total. The Morgan fingerprint density at radius 2 is 1.61 bits per heavy atom. The molecule has 1 saturated heterocycles. The van der Waals surface area contributed by atoms with Gasteiger partial charge in [-0.3, -0.25) is 9.69 Å². The summed E-state index contributed by atoms with van der Waals surface area (Å²) in [6.45, 7) is 5.17. The zero-order chi connectivity index (χ0) is 19.5. The van der Waals surface area contributed by atoms with Gasteiger partial charge in [-0.15, -0.1) is 0 Å². The Bertz CT molecular complexity index is 960. The van der Waals surface area contributed by atoms with Crippen LogP contribution < -0.4 is 10.2 Å². The molecule has 3 aromatic rings. The second-order valence-electron chi connectivity index (χ2n) is 7.19. The van der Waals surface area contributed by atoms with Crippen molar-refractivity contribution in [1.29, 1.82) is 0 Å². The van der Waals surface area contributed by atoms with E-state index in [-0.39, 0.29) is 17.8 Å². The van der Waals surface area contributed by atoms with E-state index in [1.807, 2.05) is 61.5 Å². The number of carbonyl (C=O) groups is 1. The molecule has 3 aromatic carbocycles. The van der Waals surface area contributed by atoms with Crippen LogP contribution in [0.1, 0.15) is 6.92 Å². The number of nitrogens with zero attached hydrogens (tertiary/aromatic N) is 2. The molecule has 1 fully saturated rings. The number of nitrogens with one attached hydrogen (secondary N) is 1. The van der Waals surface area contributed by atoms with Crippen LogP contribution in [-0.2, 0) is 4.79 Å². The number of rotatable bonds is 4. The fourth-order valence-electron chi connectivity index (χ4n) is 3.76. The normalized spacial score (nSPS) is 16.1. The van der Waals surface area contributed by atoms with Gasteiger partial charge in [0, 0.05) is 42.9 Å². The van der Waals surface area contributed by atoms with Gasteiger partial charge in [0.1, 0.15) is 5.82 Å². The number of piperazine rings is 1. The predicted octanol–water partition coefficient (Wildman–Crippen LogP) is 4.13. The molecule has 0 spiro atoms. The molecule has 4 rings (SSSR count). The van der Waals surface area contributed by atoms with E-state index in [4.69, 9.17) is 0 Å². The largest absolute Gasteiger partial charge is 0.369 e. The Morgan fingerprint density at radius 3 is 2.36 bits per heavy atom. The first-order valence-corrected chi connectivity index (χ1v) is 9.65. The molecule has 1 aliphatic rings. The molecule has 1 unspecified atom stereocenters. The molecule has 1 atom stereocenters. The number of halogens is 1. The standard InChI is InChI=1S/C23H24FN3O/c1-17(23(28)25-22-8-4-6-18-5-2-3-7-21(18)22)26-13-15-27(16-14-26)20-11-9-19(24)10-12-20/h2-12,17H,13-16H2,1H3,(H,25,28). The molecule has 1 amide bonds. The fraction of sp³-hybridized carbons (Fsp3) is 0.261. The van der Waals surface area contributed by atoms with Crippen molar-refractivity contribution < 1.29 is 9.18 Å². The van der Waals surface area contributed by atoms with E-state index < -0.39 is 0 Å². The second kappa shape index (κ2) is 7.98. The van der Waals surface area contributed by atoms with Gasteiger partial charge in [0.15, 0.2) is 0 Å². The summed E-state index contributed by atoms with van der Waals surface area (Å²) >= 11 is 0. The molecule has 0 aromatic heterocycles. The lowest BCUT2D eigenvalue weighted by atomic mass is 10.1. The van der Waals surface area contributed by atoms with Crippen LogP contribution in [0.3, 0.4) is 0 Å². The monoisotopic (exact) mass is 377 g/mol. The summed E-state index contributed by atoms with van der Waals surface area (Å²) in [5, 5.41) is 5.25. The van der Waals surface area contributed by atoms with Crippen LogP contribution in [0.5, 0.6) is 0 Å². The van der Waals surface area contributed by atoms with Crippen LogP contribution >= 0.6 is 0 Å². The molecule has 5 heteroatoms. The minimum absolute atomic E-state index is 0.00610. The van der Waals surface area contributed by atoms with E-state index in [2.05, 4.69) is 15.1 Å². The molecule has 28 heavy (non-hydrogen) atoms. The van der Waals surface area contributed by atoms with Crippen LogP contribution in [-0.4, -0.2) is 43.0 Å². The number of hydrogen-bond donors (Lipinski definition) is 1. The van der Waals surface area contributed by atoms with Gasteiger partial charge in [0.2, 0.25) is 5.91 Å². The van der Waals surface area contributed by atoms with E-state index in [1.54, 1.807) is 0 Å². The van der Waals surface area contributed by atoms with E-state index in [0.29, 0.717) is 0 Å². The molecule has 1 N–H and O–H groups in total.